The van der Waals surface area contributed by atoms with E-state index in [0.717, 1.165) is 0 Å². The number of unbranched alkanes of at least 4 members (excludes halogenated alkanes) is 2. The fourth-order valence-electron chi connectivity index (χ4n) is 2.54. The second-order valence-electron chi connectivity index (χ2n) is 4.88. The molecule has 0 aromatic heterocycles. The third-order valence-electron chi connectivity index (χ3n) is 3.66. The quantitative estimate of drug-likeness (QED) is 0.546. The molecular formula is C14H31N. The molecule has 0 radical (unpaired) electrons. The van der Waals surface area contributed by atoms with Gasteiger partial charge in [0.15, 0.2) is 0 Å². The smallest absolute Gasteiger partial charge is 0.0181 e. The van der Waals surface area contributed by atoms with Gasteiger partial charge in [-0.05, 0) is 32.9 Å². The van der Waals surface area contributed by atoms with Crippen LogP contribution in [-0.4, -0.2) is 23.5 Å². The zero-order valence-corrected chi connectivity index (χ0v) is 11.6. The molecule has 0 aliphatic carbocycles. The van der Waals surface area contributed by atoms with Crippen LogP contribution in [-0.2, 0) is 0 Å². The second-order valence-corrected chi connectivity index (χ2v) is 4.88. The number of hydrogen-bond donors (Lipinski definition) is 0. The van der Waals surface area contributed by atoms with E-state index in [2.05, 4.69) is 39.5 Å². The molecule has 0 heterocycles. The van der Waals surface area contributed by atoms with Crippen LogP contribution in [0.4, 0.5) is 0 Å². The van der Waals surface area contributed by atoms with Crippen LogP contribution in [0.15, 0.2) is 0 Å². The highest BCUT2D eigenvalue weighted by molar-refractivity contribution is 4.85. The predicted molar refractivity (Wildman–Crippen MR) is 70.4 cm³/mol. The fraction of sp³-hybridized carbons (Fsp3) is 1.00. The maximum absolute atomic E-state index is 2.65. The molecule has 92 valence electrons. The van der Waals surface area contributed by atoms with Gasteiger partial charge in [-0.1, -0.05) is 53.4 Å². The van der Waals surface area contributed by atoms with Crippen molar-refractivity contribution in [2.24, 2.45) is 0 Å². The summed E-state index contributed by atoms with van der Waals surface area (Å²) in [4.78, 5) is 2.65. The second kappa shape index (κ2) is 8.15. The molecule has 0 spiro atoms. The molecule has 0 atom stereocenters. The van der Waals surface area contributed by atoms with Crippen molar-refractivity contribution in [2.45, 2.75) is 78.7 Å². The van der Waals surface area contributed by atoms with E-state index in [1.165, 1.54) is 51.6 Å². The van der Waals surface area contributed by atoms with Gasteiger partial charge in [0.2, 0.25) is 0 Å². The summed E-state index contributed by atoms with van der Waals surface area (Å²) in [5, 5.41) is 0. The lowest BCUT2D eigenvalue weighted by Gasteiger charge is -2.41. The molecule has 0 amide bonds. The van der Waals surface area contributed by atoms with E-state index in [0.29, 0.717) is 5.54 Å². The molecule has 0 aliphatic rings. The summed E-state index contributed by atoms with van der Waals surface area (Å²) in [6.45, 7) is 14.0. The van der Waals surface area contributed by atoms with Gasteiger partial charge in [0.05, 0.1) is 0 Å². The molecule has 0 aromatic carbocycles. The minimum Gasteiger partial charge on any atom is -0.298 e. The predicted octanol–water partition coefficient (Wildman–Crippen LogP) is 4.47. The van der Waals surface area contributed by atoms with Crippen molar-refractivity contribution in [1.82, 2.24) is 4.90 Å². The van der Waals surface area contributed by atoms with Gasteiger partial charge in [0, 0.05) is 5.54 Å². The number of hydrogen-bond acceptors (Lipinski definition) is 1. The molecule has 0 saturated carbocycles. The van der Waals surface area contributed by atoms with Crippen LogP contribution in [0.1, 0.15) is 73.1 Å². The van der Waals surface area contributed by atoms with Gasteiger partial charge in [-0.25, -0.2) is 0 Å². The maximum Gasteiger partial charge on any atom is 0.0181 e. The average molecular weight is 213 g/mol. The van der Waals surface area contributed by atoms with Gasteiger partial charge in [-0.3, -0.25) is 4.90 Å². The minimum absolute atomic E-state index is 0.454. The highest BCUT2D eigenvalue weighted by atomic mass is 15.2. The van der Waals surface area contributed by atoms with Gasteiger partial charge >= 0.3 is 0 Å². The Labute approximate surface area is 97.2 Å². The summed E-state index contributed by atoms with van der Waals surface area (Å²) in [5.41, 5.74) is 0.454. The van der Waals surface area contributed by atoms with Crippen LogP contribution in [0.25, 0.3) is 0 Å². The van der Waals surface area contributed by atoms with Crippen LogP contribution in [0.2, 0.25) is 0 Å². The molecule has 0 saturated heterocycles. The van der Waals surface area contributed by atoms with E-state index in [1.54, 1.807) is 0 Å². The third kappa shape index (κ3) is 5.01. The van der Waals surface area contributed by atoms with Crippen molar-refractivity contribution in [3.05, 3.63) is 0 Å². The molecular weight excluding hydrogens is 182 g/mol. The van der Waals surface area contributed by atoms with E-state index in [1.807, 2.05) is 0 Å². The standard InChI is InChI=1S/C14H31N/c1-6-10-12-14(5,13-11-7-2)15(8-3)9-4/h6-13H2,1-5H3. The van der Waals surface area contributed by atoms with Crippen LogP contribution in [0.5, 0.6) is 0 Å². The SMILES string of the molecule is CCCCC(C)(CCCC)N(CC)CC. The summed E-state index contributed by atoms with van der Waals surface area (Å²) >= 11 is 0. The van der Waals surface area contributed by atoms with E-state index >= 15 is 0 Å². The summed E-state index contributed by atoms with van der Waals surface area (Å²) < 4.78 is 0. The van der Waals surface area contributed by atoms with Crippen molar-refractivity contribution in [2.75, 3.05) is 13.1 Å². The molecule has 0 unspecified atom stereocenters. The third-order valence-corrected chi connectivity index (χ3v) is 3.66. The lowest BCUT2D eigenvalue weighted by Crippen LogP contribution is -2.46. The molecule has 0 fully saturated rings. The van der Waals surface area contributed by atoms with Gasteiger partial charge in [-0.2, -0.15) is 0 Å². The molecule has 1 nitrogen and oxygen atoms in total. The Morgan fingerprint density at radius 2 is 1.20 bits per heavy atom. The first-order chi connectivity index (χ1) is 7.14. The van der Waals surface area contributed by atoms with Gasteiger partial charge < -0.3 is 0 Å². The van der Waals surface area contributed by atoms with Gasteiger partial charge in [-0.15, -0.1) is 0 Å². The van der Waals surface area contributed by atoms with Crippen molar-refractivity contribution < 1.29 is 0 Å². The summed E-state index contributed by atoms with van der Waals surface area (Å²) in [6.07, 6.45) is 8.12. The van der Waals surface area contributed by atoms with E-state index < -0.39 is 0 Å². The zero-order valence-electron chi connectivity index (χ0n) is 11.6. The Hall–Kier alpha value is -0.0400. The van der Waals surface area contributed by atoms with Crippen LogP contribution >= 0.6 is 0 Å². The van der Waals surface area contributed by atoms with Gasteiger partial charge in [0.25, 0.3) is 0 Å². The van der Waals surface area contributed by atoms with E-state index in [-0.39, 0.29) is 0 Å². The van der Waals surface area contributed by atoms with Crippen molar-refractivity contribution in [3.8, 4) is 0 Å². The lowest BCUT2D eigenvalue weighted by molar-refractivity contribution is 0.0927. The Morgan fingerprint density at radius 1 is 0.800 bits per heavy atom. The number of rotatable bonds is 9. The fourth-order valence-corrected chi connectivity index (χ4v) is 2.54. The minimum atomic E-state index is 0.454. The van der Waals surface area contributed by atoms with Crippen molar-refractivity contribution in [1.29, 1.82) is 0 Å². The topological polar surface area (TPSA) is 3.24 Å². The average Bonchev–Trinajstić information content (AvgIpc) is 2.25. The molecule has 0 aromatic rings. The lowest BCUT2D eigenvalue weighted by atomic mass is 9.87. The first-order valence-corrected chi connectivity index (χ1v) is 6.89. The highest BCUT2D eigenvalue weighted by Crippen LogP contribution is 2.27. The molecule has 0 rings (SSSR count). The molecule has 0 N–H and O–H groups in total. The van der Waals surface area contributed by atoms with E-state index in [4.69, 9.17) is 0 Å². The largest absolute Gasteiger partial charge is 0.298 e. The van der Waals surface area contributed by atoms with Crippen molar-refractivity contribution in [3.63, 3.8) is 0 Å². The Bertz CT molecular complexity index is 130. The zero-order chi connectivity index (χ0) is 11.7. The monoisotopic (exact) mass is 213 g/mol. The van der Waals surface area contributed by atoms with Crippen LogP contribution in [0, 0.1) is 0 Å². The molecule has 0 bridgehead atoms. The first-order valence-electron chi connectivity index (χ1n) is 6.89. The van der Waals surface area contributed by atoms with Crippen molar-refractivity contribution >= 4 is 0 Å². The summed E-state index contributed by atoms with van der Waals surface area (Å²) in [5.74, 6) is 0. The van der Waals surface area contributed by atoms with Crippen LogP contribution in [0.3, 0.4) is 0 Å². The highest BCUT2D eigenvalue weighted by Gasteiger charge is 2.28. The van der Waals surface area contributed by atoms with Gasteiger partial charge in [0.1, 0.15) is 0 Å². The maximum atomic E-state index is 2.65. The first kappa shape index (κ1) is 15.0. The molecule has 15 heavy (non-hydrogen) atoms. The number of nitrogens with zero attached hydrogens (tertiary/aromatic N) is 1. The molecule has 1 heteroatoms. The summed E-state index contributed by atoms with van der Waals surface area (Å²) in [7, 11) is 0. The Kier molecular flexibility index (Phi) is 8.13. The Balaban J connectivity index is 4.35. The van der Waals surface area contributed by atoms with E-state index in [9.17, 15) is 0 Å². The molecule has 0 aliphatic heterocycles. The Morgan fingerprint density at radius 3 is 1.47 bits per heavy atom. The summed E-state index contributed by atoms with van der Waals surface area (Å²) in [6, 6.07) is 0. The van der Waals surface area contributed by atoms with Crippen LogP contribution < -0.4 is 0 Å². The normalized spacial score (nSPS) is 12.4.